The molecule has 2 fully saturated rings. The van der Waals surface area contributed by atoms with E-state index < -0.39 is 0 Å². The monoisotopic (exact) mass is 323 g/mol. The molecule has 5 nitrogen and oxygen atoms in total. The van der Waals surface area contributed by atoms with E-state index in [0.717, 1.165) is 30.3 Å². The number of amides is 1. The number of aromatic nitrogens is 1. The van der Waals surface area contributed by atoms with Crippen LogP contribution in [0.2, 0.25) is 0 Å². The highest BCUT2D eigenvalue weighted by Gasteiger charge is 2.34. The number of aryl methyl sites for hydroxylation is 1. The average molecular weight is 323 g/mol. The zero-order valence-corrected chi connectivity index (χ0v) is 14.2. The predicted molar refractivity (Wildman–Crippen MR) is 89.0 cm³/mol. The van der Waals surface area contributed by atoms with Crippen LogP contribution in [0.15, 0.2) is 18.3 Å². The Balaban J connectivity index is 1.75. The van der Waals surface area contributed by atoms with E-state index in [1.807, 2.05) is 36.0 Å². The summed E-state index contributed by atoms with van der Waals surface area (Å²) >= 11 is 1.97. The molecule has 0 aliphatic carbocycles. The van der Waals surface area contributed by atoms with Crippen molar-refractivity contribution in [2.24, 2.45) is 7.05 Å². The first kappa shape index (κ1) is 15.9. The van der Waals surface area contributed by atoms with Crippen LogP contribution < -0.4 is 0 Å². The molecule has 0 spiro atoms. The summed E-state index contributed by atoms with van der Waals surface area (Å²) in [6.07, 6.45) is 2.03. The summed E-state index contributed by atoms with van der Waals surface area (Å²) in [6, 6.07) is 4.10. The quantitative estimate of drug-likeness (QED) is 0.842. The molecule has 2 aliphatic heterocycles. The van der Waals surface area contributed by atoms with Crippen molar-refractivity contribution in [2.45, 2.75) is 19.0 Å². The average Bonchev–Trinajstić information content (AvgIpc) is 3.00. The largest absolute Gasteiger partial charge is 0.377 e. The number of carbonyl (C=O) groups excluding carboxylic acids is 1. The molecule has 2 saturated heterocycles. The molecule has 0 unspecified atom stereocenters. The highest BCUT2D eigenvalue weighted by molar-refractivity contribution is 7.99. The van der Waals surface area contributed by atoms with E-state index in [1.165, 1.54) is 0 Å². The highest BCUT2D eigenvalue weighted by atomic mass is 32.2. The first-order valence-corrected chi connectivity index (χ1v) is 9.15. The van der Waals surface area contributed by atoms with Gasteiger partial charge in [0, 0.05) is 50.1 Å². The van der Waals surface area contributed by atoms with E-state index in [2.05, 4.69) is 22.5 Å². The van der Waals surface area contributed by atoms with Gasteiger partial charge in [-0.3, -0.25) is 9.69 Å². The zero-order chi connectivity index (χ0) is 15.5. The first-order chi connectivity index (χ1) is 10.7. The third kappa shape index (κ3) is 3.19. The van der Waals surface area contributed by atoms with Crippen LogP contribution in [0.5, 0.6) is 0 Å². The minimum atomic E-state index is -0.0400. The summed E-state index contributed by atoms with van der Waals surface area (Å²) in [4.78, 5) is 17.4. The summed E-state index contributed by atoms with van der Waals surface area (Å²) in [5.41, 5.74) is 1.15. The topological polar surface area (TPSA) is 37.7 Å². The number of hydrogen-bond donors (Lipinski definition) is 0. The molecular formula is C16H25N3O2S. The molecule has 6 heteroatoms. The van der Waals surface area contributed by atoms with Gasteiger partial charge in [0.05, 0.1) is 25.3 Å². The van der Waals surface area contributed by atoms with E-state index >= 15 is 0 Å². The van der Waals surface area contributed by atoms with Crippen LogP contribution in [-0.4, -0.2) is 70.7 Å². The molecule has 0 N–H and O–H groups in total. The van der Waals surface area contributed by atoms with E-state index in [-0.39, 0.29) is 18.0 Å². The van der Waals surface area contributed by atoms with Crippen molar-refractivity contribution in [2.75, 3.05) is 44.4 Å². The van der Waals surface area contributed by atoms with Gasteiger partial charge >= 0.3 is 0 Å². The van der Waals surface area contributed by atoms with Gasteiger partial charge in [-0.25, -0.2) is 0 Å². The molecule has 0 saturated carbocycles. The van der Waals surface area contributed by atoms with E-state index in [0.29, 0.717) is 19.8 Å². The molecule has 22 heavy (non-hydrogen) atoms. The van der Waals surface area contributed by atoms with E-state index in [4.69, 9.17) is 4.74 Å². The lowest BCUT2D eigenvalue weighted by molar-refractivity contribution is -0.145. The maximum absolute atomic E-state index is 13.0. The van der Waals surface area contributed by atoms with Gasteiger partial charge in [0.2, 0.25) is 5.91 Å². The fourth-order valence-electron chi connectivity index (χ4n) is 3.29. The van der Waals surface area contributed by atoms with Gasteiger partial charge in [-0.15, -0.1) is 0 Å². The third-order valence-corrected chi connectivity index (χ3v) is 5.63. The summed E-state index contributed by atoms with van der Waals surface area (Å²) < 4.78 is 7.73. The van der Waals surface area contributed by atoms with Gasteiger partial charge < -0.3 is 14.2 Å². The maximum atomic E-state index is 13.0. The molecule has 2 atom stereocenters. The van der Waals surface area contributed by atoms with Crippen molar-refractivity contribution in [3.63, 3.8) is 0 Å². The second kappa shape index (κ2) is 7.06. The van der Waals surface area contributed by atoms with Crippen LogP contribution in [0, 0.1) is 0 Å². The number of carbonyl (C=O) groups is 1. The lowest BCUT2D eigenvalue weighted by atomic mass is 10.1. The number of morpholine rings is 1. The Morgan fingerprint density at radius 2 is 2.14 bits per heavy atom. The molecule has 3 heterocycles. The van der Waals surface area contributed by atoms with Crippen molar-refractivity contribution in [3.05, 3.63) is 24.0 Å². The Labute approximate surface area is 136 Å². The van der Waals surface area contributed by atoms with Crippen LogP contribution in [-0.2, 0) is 16.6 Å². The van der Waals surface area contributed by atoms with Crippen LogP contribution in [0.25, 0.3) is 0 Å². The van der Waals surface area contributed by atoms with Crippen LogP contribution >= 0.6 is 11.8 Å². The normalized spacial score (nSPS) is 25.2. The van der Waals surface area contributed by atoms with Crippen LogP contribution in [0.3, 0.4) is 0 Å². The Morgan fingerprint density at radius 1 is 1.36 bits per heavy atom. The molecule has 0 bridgehead atoms. The number of nitrogens with zero attached hydrogens (tertiary/aromatic N) is 3. The number of hydrogen-bond acceptors (Lipinski definition) is 4. The molecule has 0 radical (unpaired) electrons. The summed E-state index contributed by atoms with van der Waals surface area (Å²) in [6.45, 7) is 5.98. The van der Waals surface area contributed by atoms with E-state index in [1.54, 1.807) is 0 Å². The molecule has 3 rings (SSSR count). The zero-order valence-electron chi connectivity index (χ0n) is 13.4. The summed E-state index contributed by atoms with van der Waals surface area (Å²) in [5.74, 6) is 2.49. The van der Waals surface area contributed by atoms with Gasteiger partial charge in [0.15, 0.2) is 0 Å². The van der Waals surface area contributed by atoms with Crippen molar-refractivity contribution < 1.29 is 9.53 Å². The molecule has 1 amide bonds. The number of rotatable bonds is 3. The SMILES string of the molecule is C[C@@H](C(=O)N1CCOC[C@H]1c1cccn1C)N1CCSCC1. The summed E-state index contributed by atoms with van der Waals surface area (Å²) in [7, 11) is 2.03. The lowest BCUT2D eigenvalue weighted by Gasteiger charge is -2.40. The second-order valence-electron chi connectivity index (χ2n) is 5.99. The van der Waals surface area contributed by atoms with E-state index in [9.17, 15) is 4.79 Å². The molecule has 1 aromatic heterocycles. The molecule has 2 aliphatic rings. The Morgan fingerprint density at radius 3 is 2.82 bits per heavy atom. The van der Waals surface area contributed by atoms with Crippen LogP contribution in [0.1, 0.15) is 18.7 Å². The minimum Gasteiger partial charge on any atom is -0.377 e. The minimum absolute atomic E-state index is 0.0304. The van der Waals surface area contributed by atoms with Crippen molar-refractivity contribution in [1.82, 2.24) is 14.4 Å². The number of thioether (sulfide) groups is 1. The standard InChI is InChI=1S/C16H25N3O2S/c1-13(18-7-10-22-11-8-18)16(20)19-6-9-21-12-15(19)14-4-3-5-17(14)2/h3-5,13,15H,6-12H2,1-2H3/t13-,15-/m0/s1. The molecular weight excluding hydrogens is 298 g/mol. The molecule has 1 aromatic rings. The van der Waals surface area contributed by atoms with Gasteiger partial charge in [-0.2, -0.15) is 11.8 Å². The Bertz CT molecular complexity index is 513. The Hall–Kier alpha value is -0.980. The van der Waals surface area contributed by atoms with Gasteiger partial charge in [0.25, 0.3) is 0 Å². The van der Waals surface area contributed by atoms with Gasteiger partial charge in [-0.05, 0) is 19.1 Å². The Kier molecular flexibility index (Phi) is 5.10. The van der Waals surface area contributed by atoms with Gasteiger partial charge in [-0.1, -0.05) is 0 Å². The fourth-order valence-corrected chi connectivity index (χ4v) is 4.23. The second-order valence-corrected chi connectivity index (χ2v) is 7.22. The van der Waals surface area contributed by atoms with Gasteiger partial charge in [0.1, 0.15) is 0 Å². The molecule has 122 valence electrons. The number of ether oxygens (including phenoxy) is 1. The van der Waals surface area contributed by atoms with Crippen LogP contribution in [0.4, 0.5) is 0 Å². The van der Waals surface area contributed by atoms with Crippen molar-refractivity contribution >= 4 is 17.7 Å². The maximum Gasteiger partial charge on any atom is 0.240 e. The first-order valence-electron chi connectivity index (χ1n) is 7.99. The van der Waals surface area contributed by atoms with Crippen molar-refractivity contribution in [3.8, 4) is 0 Å². The van der Waals surface area contributed by atoms with Crippen molar-refractivity contribution in [1.29, 1.82) is 0 Å². The molecule has 0 aromatic carbocycles. The fraction of sp³-hybridized carbons (Fsp3) is 0.688. The lowest BCUT2D eigenvalue weighted by Crippen LogP contribution is -2.53. The highest BCUT2D eigenvalue weighted by Crippen LogP contribution is 2.26. The smallest absolute Gasteiger partial charge is 0.240 e. The predicted octanol–water partition coefficient (Wildman–Crippen LogP) is 1.36. The summed E-state index contributed by atoms with van der Waals surface area (Å²) in [5, 5.41) is 0. The third-order valence-electron chi connectivity index (χ3n) is 4.69.